The number of anilines is 1. The van der Waals surface area contributed by atoms with Gasteiger partial charge in [-0.15, -0.1) is 0 Å². The summed E-state index contributed by atoms with van der Waals surface area (Å²) in [7, 11) is 0. The molecule has 0 spiro atoms. The predicted molar refractivity (Wildman–Crippen MR) is 84.9 cm³/mol. The summed E-state index contributed by atoms with van der Waals surface area (Å²) in [6.45, 7) is 0.617. The number of rotatable bonds is 4. The van der Waals surface area contributed by atoms with Gasteiger partial charge in [-0.3, -0.25) is 4.79 Å². The Balaban J connectivity index is 1.67. The zero-order valence-electron chi connectivity index (χ0n) is 12.3. The molecule has 0 saturated carbocycles. The molecule has 22 heavy (non-hydrogen) atoms. The topological polar surface area (TPSA) is 58.6 Å². The van der Waals surface area contributed by atoms with Crippen LogP contribution < -0.4 is 10.1 Å². The van der Waals surface area contributed by atoms with E-state index in [9.17, 15) is 4.79 Å². The van der Waals surface area contributed by atoms with Gasteiger partial charge in [-0.2, -0.15) is 0 Å². The Kier molecular flexibility index (Phi) is 4.39. The maximum atomic E-state index is 12.3. The maximum absolute atomic E-state index is 12.3. The molecule has 1 heterocycles. The first-order valence-corrected chi connectivity index (χ1v) is 7.47. The summed E-state index contributed by atoms with van der Waals surface area (Å²) >= 11 is 0. The summed E-state index contributed by atoms with van der Waals surface area (Å²) in [5.74, 6) is 1.05. The SMILES string of the molecule is O=C(CC1CCOc2ccccc21)Nc1cccc(CO)c1. The van der Waals surface area contributed by atoms with Gasteiger partial charge in [0.2, 0.25) is 5.91 Å². The summed E-state index contributed by atoms with van der Waals surface area (Å²) in [5, 5.41) is 12.0. The third-order valence-corrected chi connectivity index (χ3v) is 3.91. The second-order valence-corrected chi connectivity index (χ2v) is 5.48. The molecule has 0 radical (unpaired) electrons. The minimum atomic E-state index is -0.0307. The monoisotopic (exact) mass is 297 g/mol. The van der Waals surface area contributed by atoms with Gasteiger partial charge in [0.1, 0.15) is 5.75 Å². The van der Waals surface area contributed by atoms with Crippen LogP contribution in [0.3, 0.4) is 0 Å². The van der Waals surface area contributed by atoms with E-state index < -0.39 is 0 Å². The Morgan fingerprint density at radius 1 is 1.23 bits per heavy atom. The molecule has 1 aliphatic heterocycles. The van der Waals surface area contributed by atoms with Crippen LogP contribution >= 0.6 is 0 Å². The summed E-state index contributed by atoms with van der Waals surface area (Å²) < 4.78 is 5.62. The van der Waals surface area contributed by atoms with Gasteiger partial charge in [-0.1, -0.05) is 30.3 Å². The number of benzene rings is 2. The van der Waals surface area contributed by atoms with Crippen LogP contribution in [0.4, 0.5) is 5.69 Å². The number of amides is 1. The number of aliphatic hydroxyl groups excluding tert-OH is 1. The zero-order valence-corrected chi connectivity index (χ0v) is 12.3. The Bertz CT molecular complexity index is 669. The van der Waals surface area contributed by atoms with Crippen molar-refractivity contribution >= 4 is 11.6 Å². The lowest BCUT2D eigenvalue weighted by molar-refractivity contribution is -0.116. The van der Waals surface area contributed by atoms with Crippen molar-refractivity contribution in [2.45, 2.75) is 25.4 Å². The van der Waals surface area contributed by atoms with Crippen LogP contribution in [0.1, 0.15) is 29.9 Å². The van der Waals surface area contributed by atoms with Crippen molar-refractivity contribution in [3.63, 3.8) is 0 Å². The van der Waals surface area contributed by atoms with Crippen molar-refractivity contribution in [3.8, 4) is 5.75 Å². The van der Waals surface area contributed by atoms with E-state index in [1.165, 1.54) is 0 Å². The molecule has 4 heteroatoms. The van der Waals surface area contributed by atoms with Crippen molar-refractivity contribution in [1.82, 2.24) is 0 Å². The van der Waals surface area contributed by atoms with Crippen LogP contribution in [0.15, 0.2) is 48.5 Å². The van der Waals surface area contributed by atoms with Gasteiger partial charge in [0.25, 0.3) is 0 Å². The molecule has 2 N–H and O–H groups in total. The lowest BCUT2D eigenvalue weighted by Crippen LogP contribution is -2.20. The van der Waals surface area contributed by atoms with Crippen molar-refractivity contribution in [2.75, 3.05) is 11.9 Å². The fourth-order valence-electron chi connectivity index (χ4n) is 2.81. The summed E-state index contributed by atoms with van der Waals surface area (Å²) in [5.41, 5.74) is 2.61. The van der Waals surface area contributed by atoms with Crippen molar-refractivity contribution in [1.29, 1.82) is 0 Å². The van der Waals surface area contributed by atoms with Crippen LogP contribution in [0.2, 0.25) is 0 Å². The normalized spacial score (nSPS) is 16.5. The molecule has 0 fully saturated rings. The van der Waals surface area contributed by atoms with Crippen LogP contribution in [0.5, 0.6) is 5.75 Å². The van der Waals surface area contributed by atoms with Gasteiger partial charge in [-0.25, -0.2) is 0 Å². The Morgan fingerprint density at radius 2 is 2.09 bits per heavy atom. The van der Waals surface area contributed by atoms with Gasteiger partial charge in [0.05, 0.1) is 13.2 Å². The lowest BCUT2D eigenvalue weighted by atomic mass is 9.90. The van der Waals surface area contributed by atoms with Crippen LogP contribution in [-0.4, -0.2) is 17.6 Å². The molecule has 0 aliphatic carbocycles. The highest BCUT2D eigenvalue weighted by Crippen LogP contribution is 2.35. The molecular weight excluding hydrogens is 278 g/mol. The molecule has 1 amide bonds. The fraction of sp³-hybridized carbons (Fsp3) is 0.278. The first kappa shape index (κ1) is 14.6. The number of carbonyl (C=O) groups is 1. The molecule has 0 aromatic heterocycles. The molecule has 114 valence electrons. The van der Waals surface area contributed by atoms with E-state index >= 15 is 0 Å². The zero-order chi connectivity index (χ0) is 15.4. The maximum Gasteiger partial charge on any atom is 0.224 e. The first-order valence-electron chi connectivity index (χ1n) is 7.47. The number of carbonyl (C=O) groups excluding carboxylic acids is 1. The Labute approximate surface area is 129 Å². The number of hydrogen-bond acceptors (Lipinski definition) is 3. The first-order chi connectivity index (χ1) is 10.8. The number of ether oxygens (including phenoxy) is 1. The average Bonchev–Trinajstić information content (AvgIpc) is 2.55. The number of hydrogen-bond donors (Lipinski definition) is 2. The molecule has 1 unspecified atom stereocenters. The molecule has 2 aromatic rings. The molecule has 1 aliphatic rings. The van der Waals surface area contributed by atoms with Gasteiger partial charge in [-0.05, 0) is 41.7 Å². The van der Waals surface area contributed by atoms with Gasteiger partial charge in [0, 0.05) is 12.1 Å². The van der Waals surface area contributed by atoms with E-state index in [-0.39, 0.29) is 18.4 Å². The molecule has 3 rings (SSSR count). The smallest absolute Gasteiger partial charge is 0.224 e. The van der Waals surface area contributed by atoms with E-state index in [4.69, 9.17) is 9.84 Å². The second-order valence-electron chi connectivity index (χ2n) is 5.48. The van der Waals surface area contributed by atoms with Crippen molar-refractivity contribution < 1.29 is 14.6 Å². The summed E-state index contributed by atoms with van der Waals surface area (Å²) in [6.07, 6.45) is 1.28. The van der Waals surface area contributed by atoms with Crippen LogP contribution in [-0.2, 0) is 11.4 Å². The summed E-state index contributed by atoms with van der Waals surface area (Å²) in [4.78, 5) is 12.3. The second kappa shape index (κ2) is 6.62. The van der Waals surface area contributed by atoms with Gasteiger partial charge < -0.3 is 15.2 Å². The highest BCUT2D eigenvalue weighted by Gasteiger charge is 2.23. The average molecular weight is 297 g/mol. The molecule has 4 nitrogen and oxygen atoms in total. The molecule has 0 bridgehead atoms. The number of aliphatic hydroxyl groups is 1. The summed E-state index contributed by atoms with van der Waals surface area (Å²) in [6, 6.07) is 15.2. The highest BCUT2D eigenvalue weighted by atomic mass is 16.5. The predicted octanol–water partition coefficient (Wildman–Crippen LogP) is 3.07. The highest BCUT2D eigenvalue weighted by molar-refractivity contribution is 5.91. The number of nitrogens with one attached hydrogen (secondary N) is 1. The number of fused-ring (bicyclic) bond motifs is 1. The van der Waals surface area contributed by atoms with Crippen LogP contribution in [0.25, 0.3) is 0 Å². The fourth-order valence-corrected chi connectivity index (χ4v) is 2.81. The number of para-hydroxylation sites is 1. The largest absolute Gasteiger partial charge is 0.493 e. The van der Waals surface area contributed by atoms with Crippen LogP contribution in [0, 0.1) is 0 Å². The molecular formula is C18H19NO3. The third kappa shape index (κ3) is 3.28. The van der Waals surface area contributed by atoms with E-state index in [0.29, 0.717) is 13.0 Å². The van der Waals surface area contributed by atoms with Crippen molar-refractivity contribution in [3.05, 3.63) is 59.7 Å². The Hall–Kier alpha value is -2.33. The van der Waals surface area contributed by atoms with E-state index in [2.05, 4.69) is 5.32 Å². The van der Waals surface area contributed by atoms with E-state index in [1.54, 1.807) is 6.07 Å². The van der Waals surface area contributed by atoms with Gasteiger partial charge in [0.15, 0.2) is 0 Å². The third-order valence-electron chi connectivity index (χ3n) is 3.91. The van der Waals surface area contributed by atoms with E-state index in [0.717, 1.165) is 29.0 Å². The van der Waals surface area contributed by atoms with E-state index in [1.807, 2.05) is 42.5 Å². The molecule has 2 aromatic carbocycles. The molecule has 0 saturated heterocycles. The van der Waals surface area contributed by atoms with Gasteiger partial charge >= 0.3 is 0 Å². The quantitative estimate of drug-likeness (QED) is 0.912. The Morgan fingerprint density at radius 3 is 2.95 bits per heavy atom. The van der Waals surface area contributed by atoms with Crippen molar-refractivity contribution in [2.24, 2.45) is 0 Å². The minimum Gasteiger partial charge on any atom is -0.493 e. The standard InChI is InChI=1S/C18H19NO3/c20-12-13-4-3-5-15(10-13)19-18(21)11-14-8-9-22-17-7-2-1-6-16(14)17/h1-7,10,14,20H,8-9,11-12H2,(H,19,21). The lowest BCUT2D eigenvalue weighted by Gasteiger charge is -2.25. The minimum absolute atomic E-state index is 0.0169. The molecule has 1 atom stereocenters.